The number of benzene rings is 1. The average Bonchev–Trinajstić information content (AvgIpc) is 2.87. The molecule has 1 aliphatic rings. The summed E-state index contributed by atoms with van der Waals surface area (Å²) < 4.78 is 9.87. The first-order valence-corrected chi connectivity index (χ1v) is 6.57. The molecule has 0 aliphatic heterocycles. The van der Waals surface area contributed by atoms with Gasteiger partial charge in [0, 0.05) is 17.1 Å². The molecule has 0 bridgehead atoms. The summed E-state index contributed by atoms with van der Waals surface area (Å²) in [5.74, 6) is 0.440. The van der Waals surface area contributed by atoms with Crippen LogP contribution in [0.2, 0.25) is 5.02 Å². The third-order valence-corrected chi connectivity index (χ3v) is 3.86. The van der Waals surface area contributed by atoms with Crippen LogP contribution < -0.4 is 9.47 Å². The van der Waals surface area contributed by atoms with E-state index in [1.54, 1.807) is 12.1 Å². The highest BCUT2D eigenvalue weighted by Gasteiger charge is 2.20. The molecule has 3 rings (SSSR count). The van der Waals surface area contributed by atoms with Crippen molar-refractivity contribution in [2.75, 3.05) is 7.11 Å². The Morgan fingerprint density at radius 3 is 2.85 bits per heavy atom. The van der Waals surface area contributed by atoms with Gasteiger partial charge in [-0.1, -0.05) is 11.6 Å². The lowest BCUT2D eigenvalue weighted by Gasteiger charge is -2.11. The summed E-state index contributed by atoms with van der Waals surface area (Å²) in [6.45, 7) is 0. The van der Waals surface area contributed by atoms with Gasteiger partial charge in [0.1, 0.15) is 0 Å². The van der Waals surface area contributed by atoms with Crippen molar-refractivity contribution in [3.8, 4) is 11.5 Å². The third-order valence-electron chi connectivity index (χ3n) is 3.42. The summed E-state index contributed by atoms with van der Waals surface area (Å²) in [5, 5.41) is 10.1. The van der Waals surface area contributed by atoms with Gasteiger partial charge in [-0.2, -0.15) is 0 Å². The summed E-state index contributed by atoms with van der Waals surface area (Å²) in [6.07, 6.45) is 1.46. The molecule has 0 saturated carbocycles. The van der Waals surface area contributed by atoms with Crippen LogP contribution in [0.1, 0.15) is 17.7 Å². The molecule has 0 amide bonds. The summed E-state index contributed by atoms with van der Waals surface area (Å²) in [6, 6.07) is 3.22. The molecule has 1 aliphatic carbocycles. The number of rotatable bonds is 2. The molecular weight excluding hydrogens is 282 g/mol. The Morgan fingerprint density at radius 1 is 1.35 bits per heavy atom. The van der Waals surface area contributed by atoms with E-state index in [0.717, 1.165) is 30.5 Å². The molecule has 0 unspecified atom stereocenters. The number of aryl methyl sites for hydroxylation is 1. The van der Waals surface area contributed by atoms with Crippen LogP contribution in [0.4, 0.5) is 4.79 Å². The fourth-order valence-corrected chi connectivity index (χ4v) is 2.90. The van der Waals surface area contributed by atoms with Gasteiger partial charge in [-0.25, -0.2) is 4.79 Å². The molecule has 0 atom stereocenters. The number of hydrogen-bond acceptors (Lipinski definition) is 4. The van der Waals surface area contributed by atoms with Gasteiger partial charge in [0.15, 0.2) is 11.5 Å². The number of aromatic nitrogens is 1. The predicted octanol–water partition coefficient (Wildman–Crippen LogP) is 3.44. The average molecular weight is 294 g/mol. The lowest BCUT2D eigenvalue weighted by molar-refractivity contribution is 0.143. The molecule has 20 heavy (non-hydrogen) atoms. The van der Waals surface area contributed by atoms with E-state index in [2.05, 4.69) is 4.98 Å². The molecule has 0 radical (unpaired) electrons. The molecule has 0 spiro atoms. The van der Waals surface area contributed by atoms with Gasteiger partial charge >= 0.3 is 6.16 Å². The zero-order valence-electron chi connectivity index (χ0n) is 10.8. The van der Waals surface area contributed by atoms with E-state index in [4.69, 9.17) is 26.2 Å². The fourth-order valence-electron chi connectivity index (χ4n) is 2.55. The van der Waals surface area contributed by atoms with Crippen molar-refractivity contribution in [1.29, 1.82) is 0 Å². The summed E-state index contributed by atoms with van der Waals surface area (Å²) in [4.78, 5) is 15.3. The van der Waals surface area contributed by atoms with Crippen molar-refractivity contribution in [2.45, 2.75) is 19.3 Å². The first kappa shape index (κ1) is 13.0. The highest BCUT2D eigenvalue weighted by Crippen LogP contribution is 2.39. The van der Waals surface area contributed by atoms with Gasteiger partial charge in [-0.05, 0) is 30.9 Å². The van der Waals surface area contributed by atoms with Gasteiger partial charge in [0.2, 0.25) is 0 Å². The van der Waals surface area contributed by atoms with Gasteiger partial charge in [0.25, 0.3) is 0 Å². The van der Waals surface area contributed by atoms with Gasteiger partial charge < -0.3 is 14.6 Å². The number of pyridine rings is 1. The van der Waals surface area contributed by atoms with E-state index >= 15 is 0 Å². The van der Waals surface area contributed by atoms with E-state index < -0.39 is 6.16 Å². The summed E-state index contributed by atoms with van der Waals surface area (Å²) in [5.41, 5.74) is 2.74. The number of ether oxygens (including phenoxy) is 2. The predicted molar refractivity (Wildman–Crippen MR) is 74.0 cm³/mol. The highest BCUT2D eigenvalue weighted by atomic mass is 35.5. The molecule has 0 saturated heterocycles. The Labute approximate surface area is 120 Å². The van der Waals surface area contributed by atoms with Crippen LogP contribution in [-0.4, -0.2) is 23.4 Å². The highest BCUT2D eigenvalue weighted by molar-refractivity contribution is 6.36. The van der Waals surface area contributed by atoms with Crippen molar-refractivity contribution >= 4 is 28.7 Å². The largest absolute Gasteiger partial charge is 0.511 e. The minimum Gasteiger partial charge on any atom is -0.493 e. The number of methoxy groups -OCH3 is 1. The molecule has 1 aromatic carbocycles. The monoisotopic (exact) mass is 293 g/mol. The molecular formula is C14H12ClNO4. The Bertz CT molecular complexity index is 714. The molecule has 2 aromatic rings. The van der Waals surface area contributed by atoms with E-state index in [-0.39, 0.29) is 5.75 Å². The second kappa shape index (κ2) is 4.83. The van der Waals surface area contributed by atoms with Gasteiger partial charge in [-0.3, -0.25) is 4.98 Å². The zero-order valence-corrected chi connectivity index (χ0v) is 11.5. The molecule has 1 aromatic heterocycles. The van der Waals surface area contributed by atoms with Crippen LogP contribution in [0.15, 0.2) is 12.1 Å². The third kappa shape index (κ3) is 2.04. The maximum atomic E-state index is 10.7. The van der Waals surface area contributed by atoms with E-state index in [1.165, 1.54) is 7.11 Å². The maximum Gasteiger partial charge on any atom is 0.511 e. The Hall–Kier alpha value is -2.01. The van der Waals surface area contributed by atoms with Crippen molar-refractivity contribution in [1.82, 2.24) is 4.98 Å². The molecule has 1 heterocycles. The SMILES string of the molecule is COc1cc2nc3c(c(Cl)c2cc1OC(=O)O)CCC3. The minimum atomic E-state index is -1.40. The zero-order chi connectivity index (χ0) is 14.3. The summed E-state index contributed by atoms with van der Waals surface area (Å²) in [7, 11) is 1.45. The first-order chi connectivity index (χ1) is 9.60. The Balaban J connectivity index is 2.25. The maximum absolute atomic E-state index is 10.7. The number of fused-ring (bicyclic) bond motifs is 2. The number of carboxylic acid groups (broad SMARTS) is 1. The van der Waals surface area contributed by atoms with Crippen LogP contribution in [0.5, 0.6) is 11.5 Å². The van der Waals surface area contributed by atoms with Crippen LogP contribution in [0.25, 0.3) is 10.9 Å². The van der Waals surface area contributed by atoms with Crippen LogP contribution >= 0.6 is 11.6 Å². The summed E-state index contributed by atoms with van der Waals surface area (Å²) >= 11 is 6.41. The lowest BCUT2D eigenvalue weighted by atomic mass is 10.1. The number of carbonyl (C=O) groups is 1. The second-order valence-electron chi connectivity index (χ2n) is 4.59. The first-order valence-electron chi connectivity index (χ1n) is 6.20. The normalized spacial score (nSPS) is 13.3. The van der Waals surface area contributed by atoms with E-state index in [9.17, 15) is 4.79 Å². The number of nitrogens with zero attached hydrogens (tertiary/aromatic N) is 1. The molecule has 0 fully saturated rings. The van der Waals surface area contributed by atoms with Crippen molar-refractivity contribution in [3.63, 3.8) is 0 Å². The standard InChI is InChI=1S/C14H12ClNO4/c1-19-11-6-10-8(5-12(11)20-14(17)18)13(15)7-3-2-4-9(7)16-10/h5-6H,2-4H2,1H3,(H,17,18). The van der Waals surface area contributed by atoms with Crippen molar-refractivity contribution in [3.05, 3.63) is 28.4 Å². The van der Waals surface area contributed by atoms with Gasteiger partial charge in [0.05, 0.1) is 17.6 Å². The molecule has 6 heteroatoms. The van der Waals surface area contributed by atoms with E-state index in [1.807, 2.05) is 0 Å². The van der Waals surface area contributed by atoms with Crippen molar-refractivity contribution < 1.29 is 19.4 Å². The van der Waals surface area contributed by atoms with Crippen LogP contribution in [0, 0.1) is 0 Å². The van der Waals surface area contributed by atoms with Crippen LogP contribution in [0.3, 0.4) is 0 Å². The second-order valence-corrected chi connectivity index (χ2v) is 4.97. The van der Waals surface area contributed by atoms with Crippen molar-refractivity contribution in [2.24, 2.45) is 0 Å². The quantitative estimate of drug-likeness (QED) is 0.678. The smallest absolute Gasteiger partial charge is 0.493 e. The Kier molecular flexibility index (Phi) is 3.14. The Morgan fingerprint density at radius 2 is 2.15 bits per heavy atom. The minimum absolute atomic E-state index is 0.120. The lowest BCUT2D eigenvalue weighted by Crippen LogP contribution is -2.05. The number of hydrogen-bond donors (Lipinski definition) is 1. The molecule has 1 N–H and O–H groups in total. The molecule has 5 nitrogen and oxygen atoms in total. The number of halogens is 1. The van der Waals surface area contributed by atoms with Crippen LogP contribution in [-0.2, 0) is 12.8 Å². The van der Waals surface area contributed by atoms with Gasteiger partial charge in [-0.15, -0.1) is 0 Å². The topological polar surface area (TPSA) is 68.7 Å². The fraction of sp³-hybridized carbons (Fsp3) is 0.286. The van der Waals surface area contributed by atoms with E-state index in [0.29, 0.717) is 21.7 Å². The molecule has 104 valence electrons.